The Hall–Kier alpha value is -2.78. The third-order valence-electron chi connectivity index (χ3n) is 1.62. The predicted molar refractivity (Wildman–Crippen MR) is 80.1 cm³/mol. The zero-order valence-corrected chi connectivity index (χ0v) is 14.4. The van der Waals surface area contributed by atoms with Crippen molar-refractivity contribution in [2.24, 2.45) is 0 Å². The van der Waals surface area contributed by atoms with Crippen molar-refractivity contribution in [3.05, 3.63) is 12.2 Å². The van der Waals surface area contributed by atoms with E-state index >= 15 is 0 Å². The molecule has 0 rings (SSSR count). The van der Waals surface area contributed by atoms with Crippen LogP contribution in [0.2, 0.25) is 0 Å². The number of carbonyl (C=O) groups excluding carboxylic acids is 4. The van der Waals surface area contributed by atoms with Crippen molar-refractivity contribution in [1.29, 1.82) is 0 Å². The first-order valence-corrected chi connectivity index (χ1v) is 6.86. The van der Waals surface area contributed by atoms with Crippen molar-refractivity contribution < 1.29 is 38.3 Å². The molecule has 10 heteroatoms. The highest BCUT2D eigenvalue weighted by Gasteiger charge is 2.18. The van der Waals surface area contributed by atoms with Crippen molar-refractivity contribution in [3.63, 3.8) is 0 Å². The summed E-state index contributed by atoms with van der Waals surface area (Å²) in [6.07, 6.45) is -0.593. The molecular formula is C14H22N2O8. The molecule has 0 aromatic heterocycles. The lowest BCUT2D eigenvalue weighted by Crippen LogP contribution is -2.34. The van der Waals surface area contributed by atoms with Crippen LogP contribution in [0.15, 0.2) is 12.2 Å². The SMILES string of the molecule is CC(C)(C)OC(=O)NOC(=O)/C=C/C(=O)ONC(=O)OC(C)(C)C. The summed E-state index contributed by atoms with van der Waals surface area (Å²) in [6.45, 7) is 9.76. The minimum absolute atomic E-state index is 0.677. The van der Waals surface area contributed by atoms with Gasteiger partial charge in [0, 0.05) is 12.2 Å². The van der Waals surface area contributed by atoms with E-state index in [0.717, 1.165) is 0 Å². The molecule has 0 radical (unpaired) electrons. The monoisotopic (exact) mass is 346 g/mol. The van der Waals surface area contributed by atoms with Crippen LogP contribution in [0.3, 0.4) is 0 Å². The molecule has 0 aromatic carbocycles. The maximum absolute atomic E-state index is 11.2. The summed E-state index contributed by atoms with van der Waals surface area (Å²) in [6, 6.07) is 0. The summed E-state index contributed by atoms with van der Waals surface area (Å²) in [7, 11) is 0. The van der Waals surface area contributed by atoms with Crippen molar-refractivity contribution in [1.82, 2.24) is 11.0 Å². The quantitative estimate of drug-likeness (QED) is 0.437. The van der Waals surface area contributed by atoms with Crippen LogP contribution in [0, 0.1) is 0 Å². The minimum atomic E-state index is -1.06. The average molecular weight is 346 g/mol. The van der Waals surface area contributed by atoms with Crippen LogP contribution >= 0.6 is 0 Å². The van der Waals surface area contributed by atoms with Gasteiger partial charge in [0.25, 0.3) is 0 Å². The number of amides is 2. The number of hydrogen-bond donors (Lipinski definition) is 2. The summed E-state index contributed by atoms with van der Waals surface area (Å²) >= 11 is 0. The first kappa shape index (κ1) is 21.2. The van der Waals surface area contributed by atoms with Crippen molar-refractivity contribution >= 4 is 24.1 Å². The second-order valence-corrected chi connectivity index (χ2v) is 6.38. The standard InChI is InChI=1S/C14H22N2O8/c1-13(2,3)21-11(19)15-23-9(17)7-8-10(18)24-16-12(20)22-14(4,5)6/h7-8H,1-6H3,(H,15,19)(H,16,20)/b8-7+. The largest absolute Gasteiger partial charge is 0.442 e. The first-order valence-electron chi connectivity index (χ1n) is 6.86. The molecular weight excluding hydrogens is 324 g/mol. The Balaban J connectivity index is 4.11. The number of ether oxygens (including phenoxy) is 2. The van der Waals surface area contributed by atoms with E-state index in [1.165, 1.54) is 0 Å². The van der Waals surface area contributed by atoms with Gasteiger partial charge < -0.3 is 19.1 Å². The van der Waals surface area contributed by atoms with Gasteiger partial charge in [0.05, 0.1) is 0 Å². The maximum atomic E-state index is 11.2. The summed E-state index contributed by atoms with van der Waals surface area (Å²) in [5, 5.41) is 0. The van der Waals surface area contributed by atoms with Gasteiger partial charge in [0.2, 0.25) is 0 Å². The molecule has 0 heterocycles. The number of nitrogens with one attached hydrogen (secondary N) is 2. The lowest BCUT2D eigenvalue weighted by atomic mass is 10.2. The molecule has 0 aliphatic rings. The van der Waals surface area contributed by atoms with Gasteiger partial charge in [0.15, 0.2) is 0 Å². The topological polar surface area (TPSA) is 129 Å². The van der Waals surface area contributed by atoms with Crippen LogP contribution in [0.4, 0.5) is 9.59 Å². The lowest BCUT2D eigenvalue weighted by Gasteiger charge is -2.19. The van der Waals surface area contributed by atoms with Gasteiger partial charge in [0.1, 0.15) is 11.2 Å². The molecule has 2 amide bonds. The van der Waals surface area contributed by atoms with Crippen LogP contribution in [-0.4, -0.2) is 35.3 Å². The van der Waals surface area contributed by atoms with E-state index in [2.05, 4.69) is 9.68 Å². The number of rotatable bonds is 2. The Morgan fingerprint density at radius 2 is 0.958 bits per heavy atom. The third kappa shape index (κ3) is 12.9. The van der Waals surface area contributed by atoms with Gasteiger partial charge in [-0.2, -0.15) is 0 Å². The molecule has 0 fully saturated rings. The molecule has 2 N–H and O–H groups in total. The fourth-order valence-corrected chi connectivity index (χ4v) is 0.986. The van der Waals surface area contributed by atoms with Crippen LogP contribution < -0.4 is 11.0 Å². The summed E-state index contributed by atoms with van der Waals surface area (Å²) in [5.74, 6) is -2.12. The molecule has 24 heavy (non-hydrogen) atoms. The Morgan fingerprint density at radius 1 is 0.667 bits per heavy atom. The average Bonchev–Trinajstić information content (AvgIpc) is 2.36. The fourth-order valence-electron chi connectivity index (χ4n) is 0.986. The lowest BCUT2D eigenvalue weighted by molar-refractivity contribution is -0.147. The number of hydroxylamine groups is 2. The molecule has 136 valence electrons. The van der Waals surface area contributed by atoms with E-state index in [0.29, 0.717) is 12.2 Å². The summed E-state index contributed by atoms with van der Waals surface area (Å²) < 4.78 is 9.63. The van der Waals surface area contributed by atoms with Gasteiger partial charge in [-0.25, -0.2) is 19.2 Å². The summed E-state index contributed by atoms with van der Waals surface area (Å²) in [5.41, 5.74) is 1.95. The van der Waals surface area contributed by atoms with Crippen molar-refractivity contribution in [2.75, 3.05) is 0 Å². The molecule has 0 saturated carbocycles. The Bertz CT molecular complexity index is 468. The van der Waals surface area contributed by atoms with Crippen LogP contribution in [-0.2, 0) is 28.7 Å². The van der Waals surface area contributed by atoms with E-state index in [-0.39, 0.29) is 0 Å². The number of carbonyl (C=O) groups is 4. The van der Waals surface area contributed by atoms with E-state index in [1.807, 2.05) is 0 Å². The molecule has 0 bridgehead atoms. The van der Waals surface area contributed by atoms with E-state index in [9.17, 15) is 19.2 Å². The molecule has 0 saturated heterocycles. The molecule has 0 atom stereocenters. The van der Waals surface area contributed by atoms with Crippen LogP contribution in [0.25, 0.3) is 0 Å². The highest BCUT2D eigenvalue weighted by Crippen LogP contribution is 2.07. The predicted octanol–water partition coefficient (Wildman–Crippen LogP) is 1.51. The smallest absolute Gasteiger partial charge is 0.441 e. The van der Waals surface area contributed by atoms with Gasteiger partial charge in [-0.1, -0.05) is 0 Å². The van der Waals surface area contributed by atoms with Gasteiger partial charge in [-0.15, -0.1) is 11.0 Å². The van der Waals surface area contributed by atoms with Gasteiger partial charge in [-0.3, -0.25) is 0 Å². The second-order valence-electron chi connectivity index (χ2n) is 6.38. The van der Waals surface area contributed by atoms with Crippen molar-refractivity contribution in [2.45, 2.75) is 52.7 Å². The molecule has 0 unspecified atom stereocenters. The van der Waals surface area contributed by atoms with Crippen LogP contribution in [0.5, 0.6) is 0 Å². The Labute approximate surface area is 139 Å². The van der Waals surface area contributed by atoms with Crippen LogP contribution in [0.1, 0.15) is 41.5 Å². The third-order valence-corrected chi connectivity index (χ3v) is 1.62. The summed E-state index contributed by atoms with van der Waals surface area (Å²) in [4.78, 5) is 53.5. The second kappa shape index (κ2) is 8.75. The zero-order valence-electron chi connectivity index (χ0n) is 14.4. The molecule has 10 nitrogen and oxygen atoms in total. The first-order chi connectivity index (χ1) is 10.8. The Kier molecular flexibility index (Phi) is 7.74. The van der Waals surface area contributed by atoms with Crippen molar-refractivity contribution in [3.8, 4) is 0 Å². The van der Waals surface area contributed by atoms with E-state index in [4.69, 9.17) is 9.47 Å². The zero-order chi connectivity index (χ0) is 19.0. The van der Waals surface area contributed by atoms with E-state index < -0.39 is 35.3 Å². The highest BCUT2D eigenvalue weighted by molar-refractivity contribution is 5.92. The molecule has 0 aliphatic carbocycles. The maximum Gasteiger partial charge on any atom is 0.441 e. The normalized spacial score (nSPS) is 11.4. The molecule has 0 aromatic rings. The van der Waals surface area contributed by atoms with E-state index in [1.54, 1.807) is 52.5 Å². The molecule has 0 spiro atoms. The van der Waals surface area contributed by atoms with Gasteiger partial charge in [-0.05, 0) is 41.5 Å². The number of hydrogen-bond acceptors (Lipinski definition) is 8. The molecule has 0 aliphatic heterocycles. The fraction of sp³-hybridized carbons (Fsp3) is 0.571. The minimum Gasteiger partial charge on any atom is -0.442 e. The van der Waals surface area contributed by atoms with Gasteiger partial charge >= 0.3 is 24.1 Å². The highest BCUT2D eigenvalue weighted by atomic mass is 16.7. The Morgan fingerprint density at radius 3 is 1.21 bits per heavy atom.